The van der Waals surface area contributed by atoms with E-state index in [9.17, 15) is 4.79 Å². The number of halogens is 2. The van der Waals surface area contributed by atoms with Crippen molar-refractivity contribution >= 4 is 35.4 Å². The summed E-state index contributed by atoms with van der Waals surface area (Å²) in [6, 6.07) is 6.02. The lowest BCUT2D eigenvalue weighted by Crippen LogP contribution is -2.41. The van der Waals surface area contributed by atoms with Crippen LogP contribution < -0.4 is 0 Å². The molecule has 1 aromatic carbocycles. The van der Waals surface area contributed by atoms with Crippen LogP contribution >= 0.6 is 23.2 Å². The zero-order valence-corrected chi connectivity index (χ0v) is 19.8. The summed E-state index contributed by atoms with van der Waals surface area (Å²) in [5.74, 6) is 0.399. The largest absolute Gasteiger partial charge is 0.444 e. The third-order valence-electron chi connectivity index (χ3n) is 5.68. The van der Waals surface area contributed by atoms with Crippen molar-refractivity contribution in [2.75, 3.05) is 13.1 Å². The fourth-order valence-corrected chi connectivity index (χ4v) is 4.52. The van der Waals surface area contributed by atoms with Crippen LogP contribution in [-0.2, 0) is 4.74 Å². The Morgan fingerprint density at radius 2 is 1.77 bits per heavy atom. The monoisotopic (exact) mass is 461 g/mol. The van der Waals surface area contributed by atoms with Gasteiger partial charge in [-0.3, -0.25) is 4.68 Å². The molecule has 1 saturated carbocycles. The number of hydrogen-bond donors (Lipinski definition) is 0. The number of rotatable bonds is 4. The van der Waals surface area contributed by atoms with Crippen molar-refractivity contribution in [2.45, 2.75) is 58.1 Å². The number of benzene rings is 1. The quantitative estimate of drug-likeness (QED) is 0.499. The van der Waals surface area contributed by atoms with Crippen molar-refractivity contribution in [3.63, 3.8) is 0 Å². The molecule has 0 unspecified atom stereocenters. The van der Waals surface area contributed by atoms with E-state index in [-0.39, 0.29) is 6.09 Å². The molecule has 0 spiro atoms. The first-order chi connectivity index (χ1) is 14.7. The van der Waals surface area contributed by atoms with Crippen LogP contribution in [0, 0.1) is 5.92 Å². The molecule has 1 amide bonds. The molecule has 7 heteroatoms. The lowest BCUT2D eigenvalue weighted by molar-refractivity contribution is 0.0197. The summed E-state index contributed by atoms with van der Waals surface area (Å²) in [6.45, 7) is 7.09. The van der Waals surface area contributed by atoms with Gasteiger partial charge in [-0.05, 0) is 70.6 Å². The average Bonchev–Trinajstić information content (AvgIpc) is 3.46. The highest BCUT2D eigenvalue weighted by atomic mass is 35.5. The lowest BCUT2D eigenvalue weighted by Gasteiger charge is -2.32. The topological polar surface area (TPSA) is 47.4 Å². The normalized spacial score (nSPS) is 18.0. The van der Waals surface area contributed by atoms with E-state index in [1.807, 2.05) is 45.2 Å². The molecule has 0 atom stereocenters. The predicted octanol–water partition coefficient (Wildman–Crippen LogP) is 6.85. The van der Waals surface area contributed by atoms with E-state index in [0.29, 0.717) is 35.1 Å². The number of ether oxygens (including phenoxy) is 1. The highest BCUT2D eigenvalue weighted by molar-refractivity contribution is 6.39. The molecule has 0 radical (unpaired) electrons. The van der Waals surface area contributed by atoms with E-state index in [1.54, 1.807) is 4.90 Å². The van der Waals surface area contributed by atoms with Crippen LogP contribution in [0.5, 0.6) is 0 Å². The van der Waals surface area contributed by atoms with Crippen molar-refractivity contribution in [2.24, 2.45) is 5.92 Å². The van der Waals surface area contributed by atoms with Gasteiger partial charge in [0.2, 0.25) is 0 Å². The van der Waals surface area contributed by atoms with Crippen molar-refractivity contribution in [3.05, 3.63) is 46.2 Å². The molecule has 1 saturated heterocycles. The van der Waals surface area contributed by atoms with Crippen molar-refractivity contribution in [3.8, 4) is 11.1 Å². The number of aromatic nitrogens is 2. The van der Waals surface area contributed by atoms with Gasteiger partial charge in [-0.2, -0.15) is 5.10 Å². The number of piperidine rings is 1. The zero-order chi connectivity index (χ0) is 22.2. The molecular formula is C24H29Cl2N3O2. The Balaban J connectivity index is 1.50. The first-order valence-corrected chi connectivity index (χ1v) is 11.7. The van der Waals surface area contributed by atoms with Crippen LogP contribution in [0.4, 0.5) is 4.79 Å². The maximum absolute atomic E-state index is 12.3. The number of allylic oxidation sites excluding steroid dienone is 1. The van der Waals surface area contributed by atoms with Crippen molar-refractivity contribution in [1.29, 1.82) is 0 Å². The number of hydrogen-bond acceptors (Lipinski definition) is 3. The van der Waals surface area contributed by atoms with E-state index in [4.69, 9.17) is 27.9 Å². The summed E-state index contributed by atoms with van der Waals surface area (Å²) in [7, 11) is 0. The molecule has 166 valence electrons. The minimum atomic E-state index is -0.467. The molecule has 0 N–H and O–H groups in total. The second kappa shape index (κ2) is 8.87. The molecule has 4 rings (SSSR count). The molecule has 0 bridgehead atoms. The zero-order valence-electron chi connectivity index (χ0n) is 18.3. The summed E-state index contributed by atoms with van der Waals surface area (Å²) in [4.78, 5) is 14.1. The Morgan fingerprint density at radius 1 is 1.13 bits per heavy atom. The Kier molecular flexibility index (Phi) is 6.36. The number of amides is 1. The summed E-state index contributed by atoms with van der Waals surface area (Å²) >= 11 is 13.0. The second-order valence-electron chi connectivity index (χ2n) is 9.38. The van der Waals surface area contributed by atoms with Crippen LogP contribution in [0.25, 0.3) is 17.2 Å². The molecule has 1 aromatic heterocycles. The van der Waals surface area contributed by atoms with Gasteiger partial charge in [0.05, 0.1) is 28.0 Å². The van der Waals surface area contributed by atoms with Crippen LogP contribution in [0.3, 0.4) is 0 Å². The summed E-state index contributed by atoms with van der Waals surface area (Å²) < 4.78 is 7.60. The van der Waals surface area contributed by atoms with Gasteiger partial charge < -0.3 is 9.64 Å². The Bertz CT molecular complexity index is 961. The van der Waals surface area contributed by atoms with Gasteiger partial charge in [-0.15, -0.1) is 0 Å². The average molecular weight is 462 g/mol. The number of likely N-dealkylation sites (tertiary alicyclic amines) is 1. The van der Waals surface area contributed by atoms with Crippen LogP contribution in [-0.4, -0.2) is 39.5 Å². The summed E-state index contributed by atoms with van der Waals surface area (Å²) in [6.07, 6.45) is 10.2. The van der Waals surface area contributed by atoms with Gasteiger partial charge >= 0.3 is 6.09 Å². The molecule has 1 aliphatic carbocycles. The van der Waals surface area contributed by atoms with E-state index in [2.05, 4.69) is 21.9 Å². The SMILES string of the molecule is CC(C)(C)OC(=O)N1CCC(/C=C/c2c(-c3c(Cl)cccc3Cl)cnn2C2CC2)CC1. The molecule has 31 heavy (non-hydrogen) atoms. The minimum Gasteiger partial charge on any atom is -0.444 e. The molecule has 5 nitrogen and oxygen atoms in total. The fraction of sp³-hybridized carbons (Fsp3) is 0.500. The highest BCUT2D eigenvalue weighted by Gasteiger charge is 2.29. The molecule has 2 heterocycles. The van der Waals surface area contributed by atoms with E-state index in [0.717, 1.165) is 42.5 Å². The maximum atomic E-state index is 12.3. The Morgan fingerprint density at radius 3 is 2.35 bits per heavy atom. The Hall–Kier alpha value is -1.98. The number of carbonyl (C=O) groups excluding carboxylic acids is 1. The number of nitrogens with zero attached hydrogens (tertiary/aromatic N) is 3. The van der Waals surface area contributed by atoms with Gasteiger partial charge in [-0.1, -0.05) is 35.3 Å². The number of carbonyl (C=O) groups is 1. The molecule has 2 aliphatic rings. The predicted molar refractivity (Wildman–Crippen MR) is 126 cm³/mol. The molecular weight excluding hydrogens is 433 g/mol. The summed E-state index contributed by atoms with van der Waals surface area (Å²) in [5.41, 5.74) is 2.37. The van der Waals surface area contributed by atoms with Gasteiger partial charge in [0.15, 0.2) is 0 Å². The smallest absolute Gasteiger partial charge is 0.410 e. The second-order valence-corrected chi connectivity index (χ2v) is 10.2. The van der Waals surface area contributed by atoms with Crippen LogP contribution in [0.1, 0.15) is 58.2 Å². The van der Waals surface area contributed by atoms with E-state index in [1.165, 1.54) is 0 Å². The third-order valence-corrected chi connectivity index (χ3v) is 6.31. The van der Waals surface area contributed by atoms with E-state index >= 15 is 0 Å². The van der Waals surface area contributed by atoms with Crippen LogP contribution in [0.15, 0.2) is 30.5 Å². The van der Waals surface area contributed by atoms with Gasteiger partial charge in [-0.25, -0.2) is 4.79 Å². The maximum Gasteiger partial charge on any atom is 0.410 e. The summed E-state index contributed by atoms with van der Waals surface area (Å²) in [5, 5.41) is 5.90. The van der Waals surface area contributed by atoms with E-state index < -0.39 is 5.60 Å². The standard InChI is InChI=1S/C24H29Cl2N3O2/c1-24(2,3)31-23(30)28-13-11-16(12-14-28)7-10-21-18(15-27-29(21)17-8-9-17)22-19(25)5-4-6-20(22)26/h4-7,10,15-17H,8-9,11-14H2,1-3H3/b10-7+. The van der Waals surface area contributed by atoms with Gasteiger partial charge in [0, 0.05) is 24.2 Å². The third kappa shape index (κ3) is 5.27. The van der Waals surface area contributed by atoms with Crippen molar-refractivity contribution in [1.82, 2.24) is 14.7 Å². The first kappa shape index (κ1) is 22.2. The lowest BCUT2D eigenvalue weighted by atomic mass is 9.95. The molecule has 2 fully saturated rings. The minimum absolute atomic E-state index is 0.225. The molecule has 1 aliphatic heterocycles. The van der Waals surface area contributed by atoms with Gasteiger partial charge in [0.1, 0.15) is 5.60 Å². The van der Waals surface area contributed by atoms with Crippen molar-refractivity contribution < 1.29 is 9.53 Å². The Labute approximate surface area is 194 Å². The highest BCUT2D eigenvalue weighted by Crippen LogP contribution is 2.42. The fourth-order valence-electron chi connectivity index (χ4n) is 3.92. The van der Waals surface area contributed by atoms with Gasteiger partial charge in [0.25, 0.3) is 0 Å². The first-order valence-electron chi connectivity index (χ1n) is 10.9. The van der Waals surface area contributed by atoms with Crippen LogP contribution in [0.2, 0.25) is 10.0 Å². The molecule has 2 aromatic rings.